The zero-order chi connectivity index (χ0) is 21.6. The number of aryl methyl sites for hydroxylation is 1. The third-order valence-electron chi connectivity index (χ3n) is 4.52. The number of anilines is 1. The van der Waals surface area contributed by atoms with Crippen molar-refractivity contribution in [3.8, 4) is 5.75 Å². The van der Waals surface area contributed by atoms with Crippen LogP contribution in [0.1, 0.15) is 27.5 Å². The summed E-state index contributed by atoms with van der Waals surface area (Å²) < 4.78 is 5.16. The van der Waals surface area contributed by atoms with Crippen molar-refractivity contribution < 1.29 is 24.2 Å². The molecule has 0 aliphatic rings. The lowest BCUT2D eigenvalue weighted by Gasteiger charge is -2.25. The van der Waals surface area contributed by atoms with E-state index in [9.17, 15) is 14.4 Å². The molecule has 154 valence electrons. The number of carboxylic acids is 1. The Morgan fingerprint density at radius 2 is 1.72 bits per heavy atom. The molecule has 0 saturated heterocycles. The quantitative estimate of drug-likeness (QED) is 0.615. The Kier molecular flexibility index (Phi) is 7.33. The highest BCUT2D eigenvalue weighted by Crippen LogP contribution is 2.21. The number of nitrogens with one attached hydrogen (secondary N) is 2. The van der Waals surface area contributed by atoms with E-state index < -0.39 is 17.8 Å². The van der Waals surface area contributed by atoms with Crippen molar-refractivity contribution in [2.45, 2.75) is 13.0 Å². The molecule has 0 radical (unpaired) electrons. The maximum absolute atomic E-state index is 12.3. The minimum atomic E-state index is -1.11. The molecule has 2 rings (SSSR count). The van der Waals surface area contributed by atoms with Crippen molar-refractivity contribution in [1.82, 2.24) is 10.2 Å². The number of amides is 2. The summed E-state index contributed by atoms with van der Waals surface area (Å²) in [6, 6.07) is 11.6. The number of hydrogen-bond donors (Lipinski definition) is 3. The SMILES string of the molecule is COc1ccc([C@@H](CNC(=O)C(=O)Nc2cc(C(=O)O)ccc2C)N(C)C)cc1. The summed E-state index contributed by atoms with van der Waals surface area (Å²) in [4.78, 5) is 37.5. The number of methoxy groups -OCH3 is 1. The van der Waals surface area contributed by atoms with Gasteiger partial charge in [-0.3, -0.25) is 9.59 Å². The first kappa shape index (κ1) is 21.9. The Morgan fingerprint density at radius 3 is 2.28 bits per heavy atom. The molecular formula is C21H25N3O5. The zero-order valence-corrected chi connectivity index (χ0v) is 16.9. The van der Waals surface area contributed by atoms with Gasteiger partial charge in [-0.1, -0.05) is 18.2 Å². The van der Waals surface area contributed by atoms with E-state index in [-0.39, 0.29) is 23.8 Å². The molecule has 0 aliphatic heterocycles. The monoisotopic (exact) mass is 399 g/mol. The summed E-state index contributed by atoms with van der Waals surface area (Å²) in [5, 5.41) is 14.2. The lowest BCUT2D eigenvalue weighted by molar-refractivity contribution is -0.136. The van der Waals surface area contributed by atoms with Crippen LogP contribution in [0.15, 0.2) is 42.5 Å². The van der Waals surface area contributed by atoms with Gasteiger partial charge in [0.15, 0.2) is 0 Å². The molecule has 0 heterocycles. The van der Waals surface area contributed by atoms with Crippen LogP contribution in [0, 0.1) is 6.92 Å². The van der Waals surface area contributed by atoms with Crippen LogP contribution >= 0.6 is 0 Å². The van der Waals surface area contributed by atoms with Crippen molar-refractivity contribution in [3.05, 3.63) is 59.2 Å². The predicted molar refractivity (Wildman–Crippen MR) is 109 cm³/mol. The summed E-state index contributed by atoms with van der Waals surface area (Å²) in [7, 11) is 5.34. The lowest BCUT2D eigenvalue weighted by Crippen LogP contribution is -2.40. The fraction of sp³-hybridized carbons (Fsp3) is 0.286. The number of nitrogens with zero attached hydrogens (tertiary/aromatic N) is 1. The Hall–Kier alpha value is -3.39. The van der Waals surface area contributed by atoms with E-state index in [4.69, 9.17) is 9.84 Å². The number of rotatable bonds is 7. The van der Waals surface area contributed by atoms with Crippen molar-refractivity contribution >= 4 is 23.5 Å². The third-order valence-corrected chi connectivity index (χ3v) is 4.52. The number of carbonyl (C=O) groups excluding carboxylic acids is 2. The summed E-state index contributed by atoms with van der Waals surface area (Å²) in [5.41, 5.74) is 1.92. The third kappa shape index (κ3) is 5.79. The van der Waals surface area contributed by atoms with Gasteiger partial charge in [0.05, 0.1) is 18.7 Å². The number of aromatic carboxylic acids is 1. The smallest absolute Gasteiger partial charge is 0.335 e. The van der Waals surface area contributed by atoms with Gasteiger partial charge >= 0.3 is 17.8 Å². The largest absolute Gasteiger partial charge is 0.497 e. The van der Waals surface area contributed by atoms with Crippen LogP contribution in [0.4, 0.5) is 5.69 Å². The molecule has 29 heavy (non-hydrogen) atoms. The van der Waals surface area contributed by atoms with Crippen LogP contribution in [-0.4, -0.2) is 55.5 Å². The second-order valence-electron chi connectivity index (χ2n) is 6.75. The highest BCUT2D eigenvalue weighted by molar-refractivity contribution is 6.39. The molecule has 0 fully saturated rings. The van der Waals surface area contributed by atoms with E-state index >= 15 is 0 Å². The van der Waals surface area contributed by atoms with Crippen LogP contribution in [0.3, 0.4) is 0 Å². The van der Waals surface area contributed by atoms with Gasteiger partial charge in [0.2, 0.25) is 0 Å². The van der Waals surface area contributed by atoms with E-state index in [2.05, 4.69) is 10.6 Å². The first-order valence-corrected chi connectivity index (χ1v) is 8.96. The normalized spacial score (nSPS) is 11.6. The summed E-state index contributed by atoms with van der Waals surface area (Å²) in [5.74, 6) is -2.04. The number of likely N-dealkylation sites (N-methyl/N-ethyl adjacent to an activating group) is 1. The van der Waals surface area contributed by atoms with Crippen LogP contribution in [-0.2, 0) is 9.59 Å². The van der Waals surface area contributed by atoms with Gasteiger partial charge in [0, 0.05) is 12.2 Å². The van der Waals surface area contributed by atoms with Crippen molar-refractivity contribution in [2.24, 2.45) is 0 Å². The Bertz CT molecular complexity index is 894. The molecular weight excluding hydrogens is 374 g/mol. The summed E-state index contributed by atoms with van der Waals surface area (Å²) in [6.45, 7) is 1.94. The van der Waals surface area contributed by atoms with Gasteiger partial charge in [-0.2, -0.15) is 0 Å². The number of ether oxygens (including phenoxy) is 1. The standard InChI is InChI=1S/C21H25N3O5/c1-13-5-6-15(21(27)28)11-17(13)23-20(26)19(25)22-12-18(24(2)3)14-7-9-16(29-4)10-8-14/h5-11,18H,12H2,1-4H3,(H,22,25)(H,23,26)(H,27,28)/t18-/m1/s1. The fourth-order valence-corrected chi connectivity index (χ4v) is 2.76. The van der Waals surface area contributed by atoms with Gasteiger partial charge in [-0.25, -0.2) is 4.79 Å². The molecule has 0 unspecified atom stereocenters. The van der Waals surface area contributed by atoms with Gasteiger partial charge < -0.3 is 25.4 Å². The molecule has 2 aromatic rings. The number of carboxylic acid groups (broad SMARTS) is 1. The molecule has 0 bridgehead atoms. The van der Waals surface area contributed by atoms with Gasteiger partial charge in [-0.15, -0.1) is 0 Å². The average Bonchev–Trinajstić information content (AvgIpc) is 2.69. The first-order chi connectivity index (χ1) is 13.7. The zero-order valence-electron chi connectivity index (χ0n) is 16.9. The fourth-order valence-electron chi connectivity index (χ4n) is 2.76. The molecule has 2 aromatic carbocycles. The number of hydrogen-bond acceptors (Lipinski definition) is 5. The number of benzene rings is 2. The van der Waals surface area contributed by atoms with Gasteiger partial charge in [-0.05, 0) is 56.4 Å². The maximum Gasteiger partial charge on any atom is 0.335 e. The Labute approximate surface area is 169 Å². The van der Waals surface area contributed by atoms with E-state index in [1.165, 1.54) is 12.1 Å². The van der Waals surface area contributed by atoms with E-state index in [1.807, 2.05) is 43.3 Å². The predicted octanol–water partition coefficient (Wildman–Crippen LogP) is 2.06. The Morgan fingerprint density at radius 1 is 1.07 bits per heavy atom. The molecule has 3 N–H and O–H groups in total. The van der Waals surface area contributed by atoms with E-state index in [0.717, 1.165) is 11.3 Å². The van der Waals surface area contributed by atoms with E-state index in [1.54, 1.807) is 20.1 Å². The molecule has 0 saturated carbocycles. The highest BCUT2D eigenvalue weighted by Gasteiger charge is 2.20. The minimum Gasteiger partial charge on any atom is -0.497 e. The van der Waals surface area contributed by atoms with E-state index in [0.29, 0.717) is 5.56 Å². The summed E-state index contributed by atoms with van der Waals surface area (Å²) >= 11 is 0. The topological polar surface area (TPSA) is 108 Å². The number of carbonyl (C=O) groups is 3. The van der Waals surface area contributed by atoms with Crippen LogP contribution in [0.25, 0.3) is 0 Å². The van der Waals surface area contributed by atoms with Crippen molar-refractivity contribution in [3.63, 3.8) is 0 Å². The molecule has 0 spiro atoms. The first-order valence-electron chi connectivity index (χ1n) is 8.96. The molecule has 0 aliphatic carbocycles. The average molecular weight is 399 g/mol. The lowest BCUT2D eigenvalue weighted by atomic mass is 10.1. The molecule has 1 atom stereocenters. The second kappa shape index (κ2) is 9.70. The summed E-state index contributed by atoms with van der Waals surface area (Å²) in [6.07, 6.45) is 0. The van der Waals surface area contributed by atoms with Crippen LogP contribution < -0.4 is 15.4 Å². The second-order valence-corrected chi connectivity index (χ2v) is 6.75. The Balaban J connectivity index is 2.03. The van der Waals surface area contributed by atoms with Gasteiger partial charge in [0.25, 0.3) is 0 Å². The minimum absolute atomic E-state index is 0.0264. The highest BCUT2D eigenvalue weighted by atomic mass is 16.5. The van der Waals surface area contributed by atoms with Crippen molar-refractivity contribution in [1.29, 1.82) is 0 Å². The maximum atomic E-state index is 12.3. The molecule has 2 amide bonds. The van der Waals surface area contributed by atoms with Crippen molar-refractivity contribution in [2.75, 3.05) is 33.1 Å². The molecule has 0 aromatic heterocycles. The molecule has 8 nitrogen and oxygen atoms in total. The van der Waals surface area contributed by atoms with Crippen LogP contribution in [0.2, 0.25) is 0 Å². The van der Waals surface area contributed by atoms with Gasteiger partial charge in [0.1, 0.15) is 5.75 Å². The van der Waals surface area contributed by atoms with Crippen LogP contribution in [0.5, 0.6) is 5.75 Å². The molecule has 8 heteroatoms.